The summed E-state index contributed by atoms with van der Waals surface area (Å²) < 4.78 is 2.00. The molecule has 0 amide bonds. The van der Waals surface area contributed by atoms with Crippen molar-refractivity contribution in [3.63, 3.8) is 0 Å². The molecule has 3 nitrogen and oxygen atoms in total. The lowest BCUT2D eigenvalue weighted by Gasteiger charge is -2.20. The Kier molecular flexibility index (Phi) is 4.61. The van der Waals surface area contributed by atoms with Gasteiger partial charge in [0.25, 0.3) is 0 Å². The minimum Gasteiger partial charge on any atom is -0.309 e. The SMILES string of the molecule is CCNC(CC)c1c(Cl)cnn1C(C)C. The van der Waals surface area contributed by atoms with Crippen LogP contribution in [0.5, 0.6) is 0 Å². The average Bonchev–Trinajstić information content (AvgIpc) is 2.57. The molecule has 0 fully saturated rings. The molecular formula is C11H20ClN3. The number of hydrogen-bond donors (Lipinski definition) is 1. The quantitative estimate of drug-likeness (QED) is 0.841. The summed E-state index contributed by atoms with van der Waals surface area (Å²) in [5.74, 6) is 0. The van der Waals surface area contributed by atoms with Crippen molar-refractivity contribution in [3.05, 3.63) is 16.9 Å². The van der Waals surface area contributed by atoms with Crippen LogP contribution >= 0.6 is 11.6 Å². The lowest BCUT2D eigenvalue weighted by Crippen LogP contribution is -2.24. The summed E-state index contributed by atoms with van der Waals surface area (Å²) in [4.78, 5) is 0. The third-order valence-electron chi connectivity index (χ3n) is 2.46. The molecule has 1 N–H and O–H groups in total. The van der Waals surface area contributed by atoms with Gasteiger partial charge in [-0.3, -0.25) is 4.68 Å². The minimum atomic E-state index is 0.299. The van der Waals surface area contributed by atoms with E-state index in [-0.39, 0.29) is 0 Å². The Morgan fingerprint density at radius 2 is 2.13 bits per heavy atom. The highest BCUT2D eigenvalue weighted by atomic mass is 35.5. The Morgan fingerprint density at radius 1 is 1.47 bits per heavy atom. The maximum atomic E-state index is 6.17. The first-order chi connectivity index (χ1) is 7.11. The molecule has 0 aromatic carbocycles. The van der Waals surface area contributed by atoms with E-state index in [1.165, 1.54) is 0 Å². The first-order valence-electron chi connectivity index (χ1n) is 5.58. The van der Waals surface area contributed by atoms with Crippen molar-refractivity contribution in [2.24, 2.45) is 0 Å². The van der Waals surface area contributed by atoms with Crippen molar-refractivity contribution in [1.29, 1.82) is 0 Å². The van der Waals surface area contributed by atoms with E-state index in [2.05, 4.69) is 38.1 Å². The molecule has 0 saturated heterocycles. The van der Waals surface area contributed by atoms with Crippen LogP contribution in [0.2, 0.25) is 5.02 Å². The molecule has 1 heterocycles. The van der Waals surface area contributed by atoms with Crippen molar-refractivity contribution in [2.45, 2.75) is 46.2 Å². The van der Waals surface area contributed by atoms with Crippen molar-refractivity contribution in [1.82, 2.24) is 15.1 Å². The monoisotopic (exact) mass is 229 g/mol. The van der Waals surface area contributed by atoms with Gasteiger partial charge in [-0.2, -0.15) is 5.10 Å². The molecule has 4 heteroatoms. The Balaban J connectivity index is 3.03. The first-order valence-corrected chi connectivity index (χ1v) is 5.95. The van der Waals surface area contributed by atoms with Gasteiger partial charge in [0.05, 0.1) is 23.0 Å². The highest BCUT2D eigenvalue weighted by Gasteiger charge is 2.19. The van der Waals surface area contributed by atoms with E-state index < -0.39 is 0 Å². The van der Waals surface area contributed by atoms with E-state index in [9.17, 15) is 0 Å². The number of hydrogen-bond acceptors (Lipinski definition) is 2. The zero-order valence-electron chi connectivity index (χ0n) is 9.92. The fourth-order valence-electron chi connectivity index (χ4n) is 1.77. The van der Waals surface area contributed by atoms with Gasteiger partial charge in [-0.1, -0.05) is 25.4 Å². The summed E-state index contributed by atoms with van der Waals surface area (Å²) in [7, 11) is 0. The Morgan fingerprint density at radius 3 is 2.60 bits per heavy atom. The fraction of sp³-hybridized carbons (Fsp3) is 0.727. The van der Waals surface area contributed by atoms with Gasteiger partial charge in [-0.25, -0.2) is 0 Å². The lowest BCUT2D eigenvalue weighted by molar-refractivity contribution is 0.443. The summed E-state index contributed by atoms with van der Waals surface area (Å²) in [5, 5.41) is 8.50. The van der Waals surface area contributed by atoms with Crippen LogP contribution in [0.25, 0.3) is 0 Å². The van der Waals surface area contributed by atoms with Crippen LogP contribution in [0.1, 0.15) is 51.9 Å². The predicted octanol–water partition coefficient (Wildman–Crippen LogP) is 3.18. The molecule has 1 aromatic heterocycles. The molecule has 0 spiro atoms. The van der Waals surface area contributed by atoms with E-state index in [0.717, 1.165) is 23.7 Å². The van der Waals surface area contributed by atoms with Crippen LogP contribution < -0.4 is 5.32 Å². The normalized spacial score (nSPS) is 13.5. The second kappa shape index (κ2) is 5.52. The molecule has 0 aliphatic rings. The maximum Gasteiger partial charge on any atom is 0.0834 e. The fourth-order valence-corrected chi connectivity index (χ4v) is 2.03. The lowest BCUT2D eigenvalue weighted by atomic mass is 10.1. The van der Waals surface area contributed by atoms with Gasteiger partial charge < -0.3 is 5.32 Å². The van der Waals surface area contributed by atoms with Crippen LogP contribution in [-0.4, -0.2) is 16.3 Å². The van der Waals surface area contributed by atoms with Crippen LogP contribution in [0.15, 0.2) is 6.20 Å². The average molecular weight is 230 g/mol. The molecule has 15 heavy (non-hydrogen) atoms. The number of aromatic nitrogens is 2. The number of nitrogens with zero attached hydrogens (tertiary/aromatic N) is 2. The third kappa shape index (κ3) is 2.73. The molecule has 0 saturated carbocycles. The van der Waals surface area contributed by atoms with E-state index in [0.29, 0.717) is 12.1 Å². The number of halogens is 1. The van der Waals surface area contributed by atoms with Crippen LogP contribution in [0, 0.1) is 0 Å². The van der Waals surface area contributed by atoms with E-state index in [1.807, 2.05) is 4.68 Å². The Labute approximate surface area is 96.8 Å². The molecule has 1 rings (SSSR count). The third-order valence-corrected chi connectivity index (χ3v) is 2.76. The van der Waals surface area contributed by atoms with E-state index in [1.54, 1.807) is 6.20 Å². The van der Waals surface area contributed by atoms with Crippen molar-refractivity contribution >= 4 is 11.6 Å². The van der Waals surface area contributed by atoms with Gasteiger partial charge in [0.1, 0.15) is 0 Å². The summed E-state index contributed by atoms with van der Waals surface area (Å²) in [6.45, 7) is 9.43. The molecule has 0 radical (unpaired) electrons. The summed E-state index contributed by atoms with van der Waals surface area (Å²) in [6.07, 6.45) is 2.75. The summed E-state index contributed by atoms with van der Waals surface area (Å²) >= 11 is 6.17. The molecule has 86 valence electrons. The van der Waals surface area contributed by atoms with Gasteiger partial charge in [0.2, 0.25) is 0 Å². The van der Waals surface area contributed by atoms with Gasteiger partial charge >= 0.3 is 0 Å². The Bertz CT molecular complexity index is 307. The zero-order chi connectivity index (χ0) is 11.4. The molecule has 1 unspecified atom stereocenters. The van der Waals surface area contributed by atoms with Gasteiger partial charge in [0, 0.05) is 6.04 Å². The number of rotatable bonds is 5. The molecule has 0 aliphatic carbocycles. The highest BCUT2D eigenvalue weighted by Crippen LogP contribution is 2.27. The second-order valence-corrected chi connectivity index (χ2v) is 4.34. The summed E-state index contributed by atoms with van der Waals surface area (Å²) in [5.41, 5.74) is 1.11. The van der Waals surface area contributed by atoms with Crippen molar-refractivity contribution in [3.8, 4) is 0 Å². The highest BCUT2D eigenvalue weighted by molar-refractivity contribution is 6.31. The summed E-state index contributed by atoms with van der Waals surface area (Å²) in [6, 6.07) is 0.646. The molecule has 1 aromatic rings. The maximum absolute atomic E-state index is 6.17. The molecule has 0 aliphatic heterocycles. The van der Waals surface area contributed by atoms with Gasteiger partial charge in [0.15, 0.2) is 0 Å². The zero-order valence-corrected chi connectivity index (χ0v) is 10.7. The van der Waals surface area contributed by atoms with Crippen LogP contribution in [0.4, 0.5) is 0 Å². The predicted molar refractivity (Wildman–Crippen MR) is 64.3 cm³/mol. The van der Waals surface area contributed by atoms with Crippen LogP contribution in [-0.2, 0) is 0 Å². The molecular weight excluding hydrogens is 210 g/mol. The Hall–Kier alpha value is -0.540. The van der Waals surface area contributed by atoms with Crippen molar-refractivity contribution in [2.75, 3.05) is 6.54 Å². The first kappa shape index (κ1) is 12.5. The largest absolute Gasteiger partial charge is 0.309 e. The van der Waals surface area contributed by atoms with Gasteiger partial charge in [-0.15, -0.1) is 0 Å². The van der Waals surface area contributed by atoms with Gasteiger partial charge in [-0.05, 0) is 26.8 Å². The molecule has 1 atom stereocenters. The molecule has 0 bridgehead atoms. The minimum absolute atomic E-state index is 0.299. The standard InChI is InChI=1S/C11H20ClN3/c1-5-10(13-6-2)11-9(12)7-14-15(11)8(3)4/h7-8,10,13H,5-6H2,1-4H3. The number of nitrogens with one attached hydrogen (secondary N) is 1. The van der Waals surface area contributed by atoms with E-state index in [4.69, 9.17) is 11.6 Å². The van der Waals surface area contributed by atoms with E-state index >= 15 is 0 Å². The van der Waals surface area contributed by atoms with Crippen molar-refractivity contribution < 1.29 is 0 Å². The topological polar surface area (TPSA) is 29.9 Å². The van der Waals surface area contributed by atoms with Crippen LogP contribution in [0.3, 0.4) is 0 Å². The smallest absolute Gasteiger partial charge is 0.0834 e. The second-order valence-electron chi connectivity index (χ2n) is 3.93.